The van der Waals surface area contributed by atoms with E-state index >= 15 is 0 Å². The first kappa shape index (κ1) is 17.9. The van der Waals surface area contributed by atoms with Crippen molar-refractivity contribution in [3.63, 3.8) is 0 Å². The Kier molecular flexibility index (Phi) is 6.31. The van der Waals surface area contributed by atoms with Crippen molar-refractivity contribution in [3.8, 4) is 5.88 Å². The third-order valence-electron chi connectivity index (χ3n) is 3.26. The van der Waals surface area contributed by atoms with Gasteiger partial charge in [0.05, 0.1) is 0 Å². The van der Waals surface area contributed by atoms with Crippen LogP contribution in [0.1, 0.15) is 16.7 Å². The van der Waals surface area contributed by atoms with Crippen LogP contribution in [0.5, 0.6) is 5.88 Å². The van der Waals surface area contributed by atoms with E-state index in [1.807, 2.05) is 31.2 Å². The molecule has 0 saturated carbocycles. The molecule has 24 heavy (non-hydrogen) atoms. The lowest BCUT2D eigenvalue weighted by molar-refractivity contribution is -0.114. The van der Waals surface area contributed by atoms with Crippen LogP contribution >= 0.6 is 15.9 Å². The maximum absolute atomic E-state index is 12.0. The molecule has 7 heteroatoms. The Morgan fingerprint density at radius 2 is 2.12 bits per heavy atom. The highest BCUT2D eigenvalue weighted by Crippen LogP contribution is 2.21. The summed E-state index contributed by atoms with van der Waals surface area (Å²) in [5.74, 6) is 0.209. The largest absolute Gasteiger partial charge is 0.473 e. The van der Waals surface area contributed by atoms with Crippen molar-refractivity contribution in [1.82, 2.24) is 10.3 Å². The fraction of sp³-hybridized carbons (Fsp3) is 0.235. The summed E-state index contributed by atoms with van der Waals surface area (Å²) in [7, 11) is 2.94. The van der Waals surface area contributed by atoms with Crippen LogP contribution in [-0.4, -0.2) is 30.8 Å². The number of nitrogens with zero attached hydrogens (tertiary/aromatic N) is 2. The molecule has 2 rings (SSSR count). The van der Waals surface area contributed by atoms with Gasteiger partial charge in [-0.2, -0.15) is 0 Å². The van der Waals surface area contributed by atoms with Crippen molar-refractivity contribution in [3.05, 3.63) is 57.7 Å². The predicted octanol–water partition coefficient (Wildman–Crippen LogP) is 2.83. The highest BCUT2D eigenvalue weighted by Gasteiger charge is 2.17. The average Bonchev–Trinajstić information content (AvgIpc) is 2.59. The highest BCUT2D eigenvalue weighted by atomic mass is 79.9. The summed E-state index contributed by atoms with van der Waals surface area (Å²) in [6.07, 6.45) is 1.68. The normalized spacial score (nSPS) is 11.1. The molecule has 6 nitrogen and oxygen atoms in total. The van der Waals surface area contributed by atoms with Crippen LogP contribution in [0, 0.1) is 6.92 Å². The second-order valence-electron chi connectivity index (χ2n) is 4.92. The molecular formula is C17H18BrN3O3. The Morgan fingerprint density at radius 3 is 2.79 bits per heavy atom. The standard InChI is InChI=1S/C17H18BrN3O3/c1-11-8-13(18)9-20-17(11)24-10-12-6-4-5-7-14(12)15(21-23-3)16(22)19-2/h4-9H,10H2,1-3H3,(H,19,22)/b21-15-. The SMILES string of the molecule is CNC(=O)/C(=N\OC)c1ccccc1COc1ncc(Br)cc1C. The first-order chi connectivity index (χ1) is 11.6. The fourth-order valence-electron chi connectivity index (χ4n) is 2.12. The lowest BCUT2D eigenvalue weighted by Gasteiger charge is -2.12. The number of carbonyl (C=O) groups excluding carboxylic acids is 1. The molecule has 0 bridgehead atoms. The quantitative estimate of drug-likeness (QED) is 0.606. The second-order valence-corrected chi connectivity index (χ2v) is 5.84. The molecule has 2 aromatic rings. The van der Waals surface area contributed by atoms with E-state index in [9.17, 15) is 4.79 Å². The Bertz CT molecular complexity index is 762. The molecule has 1 heterocycles. The monoisotopic (exact) mass is 391 g/mol. The lowest BCUT2D eigenvalue weighted by atomic mass is 10.0. The number of nitrogens with one attached hydrogen (secondary N) is 1. The van der Waals surface area contributed by atoms with E-state index in [2.05, 4.69) is 31.4 Å². The molecule has 0 aliphatic rings. The van der Waals surface area contributed by atoms with Crippen molar-refractivity contribution >= 4 is 27.5 Å². The third kappa shape index (κ3) is 4.32. The molecule has 0 unspecified atom stereocenters. The zero-order valence-corrected chi connectivity index (χ0v) is 15.3. The number of rotatable bonds is 6. The molecule has 1 amide bonds. The van der Waals surface area contributed by atoms with Crippen LogP contribution in [0.2, 0.25) is 0 Å². The van der Waals surface area contributed by atoms with Crippen molar-refractivity contribution in [2.24, 2.45) is 5.16 Å². The van der Waals surface area contributed by atoms with Gasteiger partial charge in [0.2, 0.25) is 5.88 Å². The number of benzene rings is 1. The van der Waals surface area contributed by atoms with Gasteiger partial charge in [-0.3, -0.25) is 4.79 Å². The van der Waals surface area contributed by atoms with Crippen LogP contribution < -0.4 is 10.1 Å². The maximum atomic E-state index is 12.0. The number of ether oxygens (including phenoxy) is 1. The van der Waals surface area contributed by atoms with E-state index in [4.69, 9.17) is 9.57 Å². The number of halogens is 1. The second kappa shape index (κ2) is 8.44. The summed E-state index contributed by atoms with van der Waals surface area (Å²) in [6.45, 7) is 2.17. The molecule has 0 atom stereocenters. The minimum absolute atomic E-state index is 0.194. The van der Waals surface area contributed by atoms with Gasteiger partial charge in [-0.05, 0) is 34.5 Å². The molecule has 0 fully saturated rings. The summed E-state index contributed by atoms with van der Waals surface area (Å²) in [5.41, 5.74) is 2.56. The maximum Gasteiger partial charge on any atom is 0.273 e. The van der Waals surface area contributed by atoms with Crippen molar-refractivity contribution in [2.45, 2.75) is 13.5 Å². The van der Waals surface area contributed by atoms with Gasteiger partial charge in [0.15, 0.2) is 5.71 Å². The highest BCUT2D eigenvalue weighted by molar-refractivity contribution is 9.10. The number of aryl methyl sites for hydroxylation is 1. The van der Waals surface area contributed by atoms with Gasteiger partial charge in [-0.25, -0.2) is 4.98 Å². The molecule has 126 valence electrons. The zero-order chi connectivity index (χ0) is 17.5. The number of pyridine rings is 1. The van der Waals surface area contributed by atoms with Crippen molar-refractivity contribution in [1.29, 1.82) is 0 Å². The van der Waals surface area contributed by atoms with Crippen LogP contribution in [-0.2, 0) is 16.2 Å². The molecule has 0 radical (unpaired) electrons. The Morgan fingerprint density at radius 1 is 1.38 bits per heavy atom. The summed E-state index contributed by atoms with van der Waals surface area (Å²) in [6, 6.07) is 9.30. The van der Waals surface area contributed by atoms with E-state index in [-0.39, 0.29) is 18.2 Å². The van der Waals surface area contributed by atoms with Gasteiger partial charge >= 0.3 is 0 Å². The van der Waals surface area contributed by atoms with Crippen LogP contribution in [0.15, 0.2) is 46.2 Å². The lowest BCUT2D eigenvalue weighted by Crippen LogP contribution is -2.29. The summed E-state index contributed by atoms with van der Waals surface area (Å²) >= 11 is 3.37. The number of likely N-dealkylation sites (N-methyl/N-ethyl adjacent to an activating group) is 1. The summed E-state index contributed by atoms with van der Waals surface area (Å²) < 4.78 is 6.69. The minimum Gasteiger partial charge on any atom is -0.473 e. The van der Waals surface area contributed by atoms with Gasteiger partial charge in [-0.15, -0.1) is 0 Å². The predicted molar refractivity (Wildman–Crippen MR) is 95.1 cm³/mol. The van der Waals surface area contributed by atoms with Crippen LogP contribution in [0.4, 0.5) is 0 Å². The first-order valence-corrected chi connectivity index (χ1v) is 8.02. The zero-order valence-electron chi connectivity index (χ0n) is 13.7. The molecule has 0 saturated heterocycles. The number of carbonyl (C=O) groups is 1. The van der Waals surface area contributed by atoms with E-state index in [1.54, 1.807) is 19.3 Å². The molecule has 1 N–H and O–H groups in total. The van der Waals surface area contributed by atoms with E-state index < -0.39 is 0 Å². The molecule has 0 spiro atoms. The molecule has 0 aliphatic carbocycles. The first-order valence-electron chi connectivity index (χ1n) is 7.23. The molecule has 1 aromatic heterocycles. The van der Waals surface area contributed by atoms with Crippen molar-refractivity contribution < 1.29 is 14.4 Å². The van der Waals surface area contributed by atoms with Crippen LogP contribution in [0.25, 0.3) is 0 Å². The molecular weight excluding hydrogens is 374 g/mol. The fourth-order valence-corrected chi connectivity index (χ4v) is 2.57. The number of amides is 1. The Hall–Kier alpha value is -2.41. The average molecular weight is 392 g/mol. The minimum atomic E-state index is -0.331. The van der Waals surface area contributed by atoms with Gasteiger partial charge in [0.25, 0.3) is 5.91 Å². The summed E-state index contributed by atoms with van der Waals surface area (Å²) in [5, 5.41) is 6.39. The number of aromatic nitrogens is 1. The number of oxime groups is 1. The van der Waals surface area contributed by atoms with Gasteiger partial charge in [0, 0.05) is 28.8 Å². The van der Waals surface area contributed by atoms with E-state index in [0.717, 1.165) is 15.6 Å². The van der Waals surface area contributed by atoms with Gasteiger partial charge in [0.1, 0.15) is 13.7 Å². The van der Waals surface area contributed by atoms with Gasteiger partial charge < -0.3 is 14.9 Å². The third-order valence-corrected chi connectivity index (χ3v) is 3.69. The Labute approximate surface area is 149 Å². The molecule has 0 aliphatic heterocycles. The topological polar surface area (TPSA) is 72.8 Å². The smallest absolute Gasteiger partial charge is 0.273 e. The van der Waals surface area contributed by atoms with Crippen molar-refractivity contribution in [2.75, 3.05) is 14.2 Å². The van der Waals surface area contributed by atoms with Gasteiger partial charge in [-0.1, -0.05) is 29.4 Å². The van der Waals surface area contributed by atoms with Crippen LogP contribution in [0.3, 0.4) is 0 Å². The number of hydrogen-bond acceptors (Lipinski definition) is 5. The number of hydrogen-bond donors (Lipinski definition) is 1. The van der Waals surface area contributed by atoms with E-state index in [1.165, 1.54) is 7.11 Å². The summed E-state index contributed by atoms with van der Waals surface area (Å²) in [4.78, 5) is 21.1. The van der Waals surface area contributed by atoms with E-state index in [0.29, 0.717) is 11.4 Å². The Balaban J connectivity index is 2.28. The molecule has 1 aromatic carbocycles.